The van der Waals surface area contributed by atoms with Crippen LogP contribution in [0.4, 0.5) is 0 Å². The average Bonchev–Trinajstić information content (AvgIpc) is 3.06. The average molecular weight is 359 g/mol. The summed E-state index contributed by atoms with van der Waals surface area (Å²) in [5.41, 5.74) is 0. The van der Waals surface area contributed by atoms with Crippen molar-refractivity contribution in [1.82, 2.24) is 9.62 Å². The Hall–Kier alpha value is -0.920. The summed E-state index contributed by atoms with van der Waals surface area (Å²) in [4.78, 5) is 15.5. The molecule has 2 heterocycles. The third kappa shape index (κ3) is 5.58. The second kappa shape index (κ2) is 7.77. The summed E-state index contributed by atoms with van der Waals surface area (Å²) in [6.45, 7) is 5.27. The van der Waals surface area contributed by atoms with E-state index in [-0.39, 0.29) is 17.9 Å². The Balaban J connectivity index is 1.88. The fourth-order valence-corrected chi connectivity index (χ4v) is 4.69. The lowest BCUT2D eigenvalue weighted by Crippen LogP contribution is -2.41. The molecule has 0 radical (unpaired) electrons. The van der Waals surface area contributed by atoms with Crippen LogP contribution in [-0.2, 0) is 21.2 Å². The van der Waals surface area contributed by atoms with E-state index in [1.165, 1.54) is 11.1 Å². The van der Waals surface area contributed by atoms with Crippen LogP contribution in [0.15, 0.2) is 17.5 Å². The number of carbonyl (C=O) groups is 1. The van der Waals surface area contributed by atoms with Crippen LogP contribution in [0, 0.1) is 11.8 Å². The Kier molecular flexibility index (Phi) is 6.22. The summed E-state index contributed by atoms with van der Waals surface area (Å²) in [6.07, 6.45) is 3.46. The number of rotatable bonds is 7. The number of aryl methyl sites for hydroxylation is 1. The van der Waals surface area contributed by atoms with E-state index in [2.05, 4.69) is 24.6 Å². The first-order chi connectivity index (χ1) is 10.8. The van der Waals surface area contributed by atoms with Gasteiger partial charge in [0, 0.05) is 30.4 Å². The number of sulfonamides is 1. The lowest BCUT2D eigenvalue weighted by molar-refractivity contribution is -0.130. The van der Waals surface area contributed by atoms with Gasteiger partial charge in [0.15, 0.2) is 0 Å². The van der Waals surface area contributed by atoms with Crippen molar-refractivity contribution < 1.29 is 13.2 Å². The number of likely N-dealkylation sites (tertiary alicyclic amines) is 1. The van der Waals surface area contributed by atoms with Crippen LogP contribution in [0.1, 0.15) is 31.6 Å². The lowest BCUT2D eigenvalue weighted by atomic mass is 9.92. The third-order valence-corrected chi connectivity index (χ3v) is 6.00. The smallest absolute Gasteiger partial charge is 0.222 e. The quantitative estimate of drug-likeness (QED) is 0.812. The number of nitrogens with one attached hydrogen (secondary N) is 1. The van der Waals surface area contributed by atoms with Crippen molar-refractivity contribution in [3.05, 3.63) is 22.4 Å². The first kappa shape index (κ1) is 18.4. The minimum atomic E-state index is -3.26. The molecule has 1 saturated heterocycles. The molecule has 0 aromatic carbocycles. The van der Waals surface area contributed by atoms with Crippen molar-refractivity contribution >= 4 is 27.3 Å². The fourth-order valence-electron chi connectivity index (χ4n) is 3.13. The van der Waals surface area contributed by atoms with Crippen molar-refractivity contribution in [2.24, 2.45) is 11.8 Å². The molecule has 1 amide bonds. The van der Waals surface area contributed by atoms with Gasteiger partial charge in [-0.3, -0.25) is 4.79 Å². The summed E-state index contributed by atoms with van der Waals surface area (Å²) in [5.74, 6) is 0.633. The minimum absolute atomic E-state index is 0.130. The van der Waals surface area contributed by atoms with Crippen molar-refractivity contribution in [3.8, 4) is 0 Å². The van der Waals surface area contributed by atoms with Gasteiger partial charge in [0.25, 0.3) is 0 Å². The summed E-state index contributed by atoms with van der Waals surface area (Å²) >= 11 is 1.72. The number of hydrogen-bond donors (Lipinski definition) is 1. The molecule has 1 aromatic heterocycles. The number of amides is 1. The lowest BCUT2D eigenvalue weighted by Gasteiger charge is -2.21. The standard InChI is InChI=1S/C16H26N2O3S2/c1-12(2)14-10-18(11-15(14)17-23(3,20)21)16(19)8-4-6-13-7-5-9-22-13/h5,7,9,12,14-15,17H,4,6,8,10-11H2,1-3H3/t14-,15+/m0/s1. The van der Waals surface area contributed by atoms with Gasteiger partial charge in [-0.05, 0) is 36.1 Å². The van der Waals surface area contributed by atoms with Crippen molar-refractivity contribution in [1.29, 1.82) is 0 Å². The maximum absolute atomic E-state index is 12.4. The molecule has 7 heteroatoms. The molecule has 0 saturated carbocycles. The van der Waals surface area contributed by atoms with E-state index in [0.29, 0.717) is 25.4 Å². The van der Waals surface area contributed by atoms with E-state index >= 15 is 0 Å². The van der Waals surface area contributed by atoms with Crippen molar-refractivity contribution in [2.75, 3.05) is 19.3 Å². The Bertz CT molecular complexity index is 611. The number of thiophene rings is 1. The maximum atomic E-state index is 12.4. The SMILES string of the molecule is CC(C)[C@@H]1CN(C(=O)CCCc2cccs2)C[C@H]1NS(C)(=O)=O. The number of nitrogens with zero attached hydrogens (tertiary/aromatic N) is 1. The minimum Gasteiger partial charge on any atom is -0.341 e. The third-order valence-electron chi connectivity index (χ3n) is 4.33. The first-order valence-corrected chi connectivity index (χ1v) is 10.8. The van der Waals surface area contributed by atoms with Gasteiger partial charge in [-0.1, -0.05) is 19.9 Å². The van der Waals surface area contributed by atoms with Crippen LogP contribution >= 0.6 is 11.3 Å². The molecule has 1 N–H and O–H groups in total. The summed E-state index contributed by atoms with van der Waals surface area (Å²) in [7, 11) is -3.26. The molecule has 5 nitrogen and oxygen atoms in total. The van der Waals surface area contributed by atoms with E-state index in [9.17, 15) is 13.2 Å². The molecule has 0 unspecified atom stereocenters. The zero-order chi connectivity index (χ0) is 17.0. The monoisotopic (exact) mass is 358 g/mol. The topological polar surface area (TPSA) is 66.5 Å². The van der Waals surface area contributed by atoms with E-state index in [0.717, 1.165) is 12.8 Å². The van der Waals surface area contributed by atoms with Crippen LogP contribution in [0.5, 0.6) is 0 Å². The van der Waals surface area contributed by atoms with Gasteiger partial charge < -0.3 is 4.90 Å². The maximum Gasteiger partial charge on any atom is 0.222 e. The highest BCUT2D eigenvalue weighted by Crippen LogP contribution is 2.26. The number of carbonyl (C=O) groups excluding carboxylic acids is 1. The molecule has 1 fully saturated rings. The Morgan fingerprint density at radius 2 is 2.17 bits per heavy atom. The second-order valence-corrected chi connectivity index (χ2v) is 9.45. The van der Waals surface area contributed by atoms with Crippen molar-refractivity contribution in [3.63, 3.8) is 0 Å². The van der Waals surface area contributed by atoms with Gasteiger partial charge in [0.1, 0.15) is 0 Å². The fraction of sp³-hybridized carbons (Fsp3) is 0.688. The second-order valence-electron chi connectivity index (χ2n) is 6.64. The van der Waals surface area contributed by atoms with Gasteiger partial charge in [0.2, 0.25) is 15.9 Å². The van der Waals surface area contributed by atoms with Crippen LogP contribution in [0.25, 0.3) is 0 Å². The Morgan fingerprint density at radius 3 is 2.74 bits per heavy atom. The Labute approximate surface area is 143 Å². The largest absolute Gasteiger partial charge is 0.341 e. The molecular weight excluding hydrogens is 332 g/mol. The van der Waals surface area contributed by atoms with Gasteiger partial charge in [-0.15, -0.1) is 11.3 Å². The number of hydrogen-bond acceptors (Lipinski definition) is 4. The summed E-state index contributed by atoms with van der Waals surface area (Å²) < 4.78 is 25.7. The molecular formula is C16H26N2O3S2. The van der Waals surface area contributed by atoms with Crippen molar-refractivity contribution in [2.45, 2.75) is 39.2 Å². The van der Waals surface area contributed by atoms with E-state index in [1.54, 1.807) is 11.3 Å². The van der Waals surface area contributed by atoms with E-state index < -0.39 is 10.0 Å². The van der Waals surface area contributed by atoms with Gasteiger partial charge in [0.05, 0.1) is 6.26 Å². The van der Waals surface area contributed by atoms with Crippen LogP contribution in [0.3, 0.4) is 0 Å². The zero-order valence-electron chi connectivity index (χ0n) is 14.0. The first-order valence-electron chi connectivity index (χ1n) is 8.03. The molecule has 0 bridgehead atoms. The highest BCUT2D eigenvalue weighted by molar-refractivity contribution is 7.88. The molecule has 130 valence electrons. The Morgan fingerprint density at radius 1 is 1.43 bits per heavy atom. The van der Waals surface area contributed by atoms with E-state index in [4.69, 9.17) is 0 Å². The molecule has 2 atom stereocenters. The predicted molar refractivity (Wildman–Crippen MR) is 93.9 cm³/mol. The van der Waals surface area contributed by atoms with Crippen LogP contribution in [-0.4, -0.2) is 44.6 Å². The summed E-state index contributed by atoms with van der Waals surface area (Å²) in [5, 5.41) is 2.05. The molecule has 0 aliphatic carbocycles. The van der Waals surface area contributed by atoms with Crippen LogP contribution in [0.2, 0.25) is 0 Å². The highest BCUT2D eigenvalue weighted by atomic mass is 32.2. The zero-order valence-corrected chi connectivity index (χ0v) is 15.6. The molecule has 1 aliphatic heterocycles. The normalized spacial score (nSPS) is 22.0. The molecule has 1 aromatic rings. The van der Waals surface area contributed by atoms with Crippen LogP contribution < -0.4 is 4.72 Å². The van der Waals surface area contributed by atoms with Gasteiger partial charge >= 0.3 is 0 Å². The van der Waals surface area contributed by atoms with E-state index in [1.807, 2.05) is 16.3 Å². The predicted octanol–water partition coefficient (Wildman–Crippen LogP) is 2.10. The molecule has 23 heavy (non-hydrogen) atoms. The molecule has 0 spiro atoms. The highest BCUT2D eigenvalue weighted by Gasteiger charge is 2.37. The molecule has 2 rings (SSSR count). The van der Waals surface area contributed by atoms with Gasteiger partial charge in [-0.25, -0.2) is 13.1 Å². The molecule has 1 aliphatic rings. The van der Waals surface area contributed by atoms with Gasteiger partial charge in [-0.2, -0.15) is 0 Å². The summed E-state index contributed by atoms with van der Waals surface area (Å²) in [6, 6.07) is 3.94.